The van der Waals surface area contributed by atoms with Gasteiger partial charge < -0.3 is 18.8 Å². The van der Waals surface area contributed by atoms with E-state index >= 15 is 0 Å². The average Bonchev–Trinajstić information content (AvgIpc) is 3.46. The Morgan fingerprint density at radius 3 is 2.89 bits per heavy atom. The van der Waals surface area contributed by atoms with Gasteiger partial charge in [-0.15, -0.1) is 10.2 Å². The van der Waals surface area contributed by atoms with E-state index in [1.54, 1.807) is 48.7 Å². The van der Waals surface area contributed by atoms with Crippen molar-refractivity contribution < 1.29 is 18.7 Å². The van der Waals surface area contributed by atoms with Crippen LogP contribution in [-0.2, 0) is 0 Å². The minimum absolute atomic E-state index is 0.136. The van der Waals surface area contributed by atoms with E-state index in [4.69, 9.17) is 13.9 Å². The highest BCUT2D eigenvalue weighted by molar-refractivity contribution is 7.08. The molecule has 1 aliphatic heterocycles. The Balaban J connectivity index is 1.63. The zero-order valence-electron chi connectivity index (χ0n) is 15.0. The monoisotopic (exact) mass is 385 g/mol. The minimum atomic E-state index is -0.242. The maximum atomic E-state index is 13.2. The van der Waals surface area contributed by atoms with Crippen molar-refractivity contribution in [3.63, 3.8) is 0 Å². The first-order valence-corrected chi connectivity index (χ1v) is 9.54. The zero-order chi connectivity index (χ0) is 18.8. The van der Waals surface area contributed by atoms with Gasteiger partial charge in [0.15, 0.2) is 0 Å². The third kappa shape index (κ3) is 3.28. The van der Waals surface area contributed by atoms with Crippen LogP contribution < -0.4 is 9.47 Å². The molecule has 2 aromatic heterocycles. The Morgan fingerprint density at radius 2 is 2.15 bits per heavy atom. The summed E-state index contributed by atoms with van der Waals surface area (Å²) in [5, 5.41) is 12.2. The molecule has 1 aliphatic rings. The molecule has 0 radical (unpaired) electrons. The molecule has 1 fully saturated rings. The van der Waals surface area contributed by atoms with Gasteiger partial charge in [-0.2, -0.15) is 11.3 Å². The summed E-state index contributed by atoms with van der Waals surface area (Å²) in [6, 6.07) is 6.89. The molecule has 3 heterocycles. The average molecular weight is 385 g/mol. The van der Waals surface area contributed by atoms with Gasteiger partial charge in [0.2, 0.25) is 11.8 Å². The first-order valence-electron chi connectivity index (χ1n) is 8.60. The van der Waals surface area contributed by atoms with Crippen LogP contribution in [0.4, 0.5) is 0 Å². The third-order valence-corrected chi connectivity index (χ3v) is 5.33. The number of hydrogen-bond acceptors (Lipinski definition) is 7. The molecular formula is C19H19N3O4S. The number of benzene rings is 1. The number of carbonyl (C=O) groups excluding carboxylic acids is 1. The minimum Gasteiger partial charge on any atom is -0.497 e. The van der Waals surface area contributed by atoms with Gasteiger partial charge in [-0.05, 0) is 42.5 Å². The summed E-state index contributed by atoms with van der Waals surface area (Å²) in [4.78, 5) is 15.0. The molecular weight excluding hydrogens is 366 g/mol. The van der Waals surface area contributed by atoms with Gasteiger partial charge >= 0.3 is 0 Å². The number of thiophene rings is 1. The summed E-state index contributed by atoms with van der Waals surface area (Å²) in [6.45, 7) is 0.625. The van der Waals surface area contributed by atoms with E-state index in [-0.39, 0.29) is 11.9 Å². The molecule has 27 heavy (non-hydrogen) atoms. The van der Waals surface area contributed by atoms with Crippen LogP contribution in [0, 0.1) is 0 Å². The van der Waals surface area contributed by atoms with Crippen LogP contribution in [0.3, 0.4) is 0 Å². The number of rotatable bonds is 5. The Morgan fingerprint density at radius 1 is 1.26 bits per heavy atom. The number of methoxy groups -OCH3 is 2. The van der Waals surface area contributed by atoms with Crippen molar-refractivity contribution in [2.45, 2.75) is 18.9 Å². The van der Waals surface area contributed by atoms with Gasteiger partial charge in [0.05, 0.1) is 19.8 Å². The SMILES string of the molecule is COc1ccc(OC)c(C(=O)N2CCC[C@@H]2c2nnc(-c3ccsc3)o2)c1. The van der Waals surface area contributed by atoms with E-state index in [0.717, 1.165) is 18.4 Å². The third-order valence-electron chi connectivity index (χ3n) is 4.64. The van der Waals surface area contributed by atoms with Crippen LogP contribution >= 0.6 is 11.3 Å². The predicted octanol–water partition coefficient (Wildman–Crippen LogP) is 3.79. The largest absolute Gasteiger partial charge is 0.497 e. The Kier molecular flexibility index (Phi) is 4.81. The molecule has 0 bridgehead atoms. The second-order valence-electron chi connectivity index (χ2n) is 6.18. The zero-order valence-corrected chi connectivity index (χ0v) is 15.9. The van der Waals surface area contributed by atoms with Crippen LogP contribution in [-0.4, -0.2) is 41.8 Å². The van der Waals surface area contributed by atoms with Crippen molar-refractivity contribution in [1.82, 2.24) is 15.1 Å². The maximum absolute atomic E-state index is 13.2. The summed E-state index contributed by atoms with van der Waals surface area (Å²) in [5.41, 5.74) is 1.35. The van der Waals surface area contributed by atoms with Crippen LogP contribution in [0.25, 0.3) is 11.5 Å². The molecule has 1 atom stereocenters. The van der Waals surface area contributed by atoms with Crippen molar-refractivity contribution >= 4 is 17.2 Å². The Bertz CT molecular complexity index is 938. The van der Waals surface area contributed by atoms with Crippen molar-refractivity contribution in [3.8, 4) is 23.0 Å². The van der Waals surface area contributed by atoms with E-state index < -0.39 is 0 Å². The topological polar surface area (TPSA) is 77.7 Å². The van der Waals surface area contributed by atoms with Gasteiger partial charge in [-0.3, -0.25) is 4.79 Å². The highest BCUT2D eigenvalue weighted by Gasteiger charge is 2.35. The van der Waals surface area contributed by atoms with Gasteiger partial charge in [-0.1, -0.05) is 0 Å². The Labute approximate surface area is 160 Å². The molecule has 8 heteroatoms. The van der Waals surface area contributed by atoms with Crippen molar-refractivity contribution in [1.29, 1.82) is 0 Å². The second-order valence-corrected chi connectivity index (χ2v) is 6.96. The summed E-state index contributed by atoms with van der Waals surface area (Å²) in [6.07, 6.45) is 1.65. The number of ether oxygens (including phenoxy) is 2. The molecule has 3 aromatic rings. The van der Waals surface area contributed by atoms with E-state index in [9.17, 15) is 4.79 Å². The number of nitrogens with zero attached hydrogens (tertiary/aromatic N) is 3. The van der Waals surface area contributed by atoms with Crippen LogP contribution in [0.2, 0.25) is 0 Å². The van der Waals surface area contributed by atoms with Gasteiger partial charge in [0.1, 0.15) is 17.5 Å². The van der Waals surface area contributed by atoms with E-state index in [1.165, 1.54) is 0 Å². The van der Waals surface area contributed by atoms with Crippen molar-refractivity contribution in [2.75, 3.05) is 20.8 Å². The highest BCUT2D eigenvalue weighted by atomic mass is 32.1. The molecule has 1 amide bonds. The lowest BCUT2D eigenvalue weighted by atomic mass is 10.1. The summed E-state index contributed by atoms with van der Waals surface area (Å²) >= 11 is 1.57. The normalized spacial score (nSPS) is 16.5. The van der Waals surface area contributed by atoms with Gasteiger partial charge in [-0.25, -0.2) is 0 Å². The van der Waals surface area contributed by atoms with Crippen molar-refractivity contribution in [2.24, 2.45) is 0 Å². The number of aromatic nitrogens is 2. The summed E-state index contributed by atoms with van der Waals surface area (Å²) in [7, 11) is 3.12. The number of carbonyl (C=O) groups is 1. The smallest absolute Gasteiger partial charge is 0.258 e. The lowest BCUT2D eigenvalue weighted by Gasteiger charge is -2.23. The van der Waals surface area contributed by atoms with E-state index in [1.807, 2.05) is 16.8 Å². The molecule has 1 aromatic carbocycles. The number of likely N-dealkylation sites (tertiary alicyclic amines) is 1. The van der Waals surface area contributed by atoms with E-state index in [2.05, 4.69) is 10.2 Å². The highest BCUT2D eigenvalue weighted by Crippen LogP contribution is 2.36. The molecule has 0 aliphatic carbocycles. The fourth-order valence-corrected chi connectivity index (χ4v) is 3.90. The first kappa shape index (κ1) is 17.5. The molecule has 0 saturated carbocycles. The van der Waals surface area contributed by atoms with E-state index in [0.29, 0.717) is 35.4 Å². The lowest BCUT2D eigenvalue weighted by molar-refractivity contribution is 0.0712. The quantitative estimate of drug-likeness (QED) is 0.665. The Hall–Kier alpha value is -2.87. The second kappa shape index (κ2) is 7.40. The van der Waals surface area contributed by atoms with Gasteiger partial charge in [0.25, 0.3) is 5.91 Å². The van der Waals surface area contributed by atoms with Crippen LogP contribution in [0.5, 0.6) is 11.5 Å². The molecule has 7 nitrogen and oxygen atoms in total. The predicted molar refractivity (Wildman–Crippen MR) is 100 cm³/mol. The fraction of sp³-hybridized carbons (Fsp3) is 0.316. The molecule has 0 N–H and O–H groups in total. The van der Waals surface area contributed by atoms with Crippen LogP contribution in [0.15, 0.2) is 39.4 Å². The standard InChI is InChI=1S/C19H19N3O4S/c1-24-13-5-6-16(25-2)14(10-13)19(23)22-8-3-4-15(22)18-21-20-17(26-18)12-7-9-27-11-12/h5-7,9-11,15H,3-4,8H2,1-2H3/t15-/m1/s1. The van der Waals surface area contributed by atoms with Gasteiger partial charge in [0, 0.05) is 17.5 Å². The molecule has 0 spiro atoms. The molecule has 140 valence electrons. The number of hydrogen-bond donors (Lipinski definition) is 0. The summed E-state index contributed by atoms with van der Waals surface area (Å²) in [5.74, 6) is 1.92. The summed E-state index contributed by atoms with van der Waals surface area (Å²) < 4.78 is 16.5. The molecule has 1 saturated heterocycles. The number of amides is 1. The van der Waals surface area contributed by atoms with Crippen LogP contribution in [0.1, 0.15) is 35.1 Å². The van der Waals surface area contributed by atoms with Crippen molar-refractivity contribution in [3.05, 3.63) is 46.5 Å². The molecule has 0 unspecified atom stereocenters. The first-order chi connectivity index (χ1) is 13.2. The molecule has 4 rings (SSSR count). The fourth-order valence-electron chi connectivity index (χ4n) is 3.27. The lowest BCUT2D eigenvalue weighted by Crippen LogP contribution is -2.31. The maximum Gasteiger partial charge on any atom is 0.258 e.